The van der Waals surface area contributed by atoms with Crippen LogP contribution in [0.25, 0.3) is 5.57 Å². The standard InChI is InChI=1S/C35H47F3N2O4Si/c1-33(2,3)45(4,5)44-26-20-34(13-6-14-34)19-25-29(26)28(22-9-15-42-16-10-22)30(31(40-25)23-11-17-43-18-12-23)32(41)24-7-8-27(39-21-24)35(36,37)38/h7-9,21,23,26,32,41H,6,10-20H2,1-5H3/t26-,32?/m0/s1. The van der Waals surface area contributed by atoms with E-state index in [-0.39, 0.29) is 22.5 Å². The quantitative estimate of drug-likeness (QED) is 0.318. The lowest BCUT2D eigenvalue weighted by Gasteiger charge is -2.51. The summed E-state index contributed by atoms with van der Waals surface area (Å²) >= 11 is 0. The first-order valence-electron chi connectivity index (χ1n) is 16.5. The van der Waals surface area contributed by atoms with Gasteiger partial charge in [0.25, 0.3) is 0 Å². The Hall–Kier alpha value is -2.11. The normalized spacial score (nSPS) is 23.3. The molecule has 10 heteroatoms. The minimum Gasteiger partial charge on any atom is -0.410 e. The Morgan fingerprint density at radius 1 is 1.07 bits per heavy atom. The van der Waals surface area contributed by atoms with Crippen molar-refractivity contribution in [2.45, 2.75) is 115 Å². The van der Waals surface area contributed by atoms with Crippen molar-refractivity contribution in [1.82, 2.24) is 9.97 Å². The predicted molar refractivity (Wildman–Crippen MR) is 169 cm³/mol. The molecule has 0 bridgehead atoms. The molecule has 1 unspecified atom stereocenters. The Balaban J connectivity index is 1.59. The van der Waals surface area contributed by atoms with E-state index in [4.69, 9.17) is 18.9 Å². The summed E-state index contributed by atoms with van der Waals surface area (Å²) in [5.41, 5.74) is 5.22. The first-order valence-corrected chi connectivity index (χ1v) is 19.4. The summed E-state index contributed by atoms with van der Waals surface area (Å²) in [5.74, 6) is 0.0642. The third-order valence-electron chi connectivity index (χ3n) is 11.1. The van der Waals surface area contributed by atoms with Gasteiger partial charge in [-0.15, -0.1) is 0 Å². The monoisotopic (exact) mass is 644 g/mol. The SMILES string of the molecule is CC(C)(C)[Si](C)(C)O[C@H]1CC2(CCC2)Cc2nc(C3CCOCC3)c(C(O)c3ccc(C(F)(F)F)nc3)c(C3=CCOCC3)c21. The largest absolute Gasteiger partial charge is 0.433 e. The zero-order valence-electron chi connectivity index (χ0n) is 27.2. The molecule has 2 aromatic heterocycles. The summed E-state index contributed by atoms with van der Waals surface area (Å²) in [7, 11) is -2.23. The third-order valence-corrected chi connectivity index (χ3v) is 15.6. The van der Waals surface area contributed by atoms with Crippen molar-refractivity contribution < 1.29 is 32.2 Å². The lowest BCUT2D eigenvalue weighted by molar-refractivity contribution is -0.141. The molecular weight excluding hydrogens is 597 g/mol. The van der Waals surface area contributed by atoms with Gasteiger partial charge in [-0.1, -0.05) is 39.3 Å². The van der Waals surface area contributed by atoms with Gasteiger partial charge in [0.2, 0.25) is 0 Å². The lowest BCUT2D eigenvalue weighted by Crippen LogP contribution is -2.46. The fourth-order valence-corrected chi connectivity index (χ4v) is 8.60. The minimum absolute atomic E-state index is 0.000788. The van der Waals surface area contributed by atoms with E-state index >= 15 is 0 Å². The number of fused-ring (bicyclic) bond motifs is 1. The molecule has 2 aliphatic carbocycles. The van der Waals surface area contributed by atoms with E-state index in [2.05, 4.69) is 44.9 Å². The number of aromatic nitrogens is 2. The van der Waals surface area contributed by atoms with Gasteiger partial charge < -0.3 is 19.0 Å². The smallest absolute Gasteiger partial charge is 0.410 e. The molecule has 45 heavy (non-hydrogen) atoms. The summed E-state index contributed by atoms with van der Waals surface area (Å²) < 4.78 is 59.1. The van der Waals surface area contributed by atoms with Crippen LogP contribution in [0.5, 0.6) is 0 Å². The highest BCUT2D eigenvalue weighted by Crippen LogP contribution is 2.58. The lowest BCUT2D eigenvalue weighted by atomic mass is 9.59. The maximum absolute atomic E-state index is 13.4. The molecule has 2 atom stereocenters. The zero-order valence-corrected chi connectivity index (χ0v) is 28.2. The molecule has 246 valence electrons. The van der Waals surface area contributed by atoms with Crippen LogP contribution in [0.2, 0.25) is 18.1 Å². The second kappa shape index (κ2) is 12.2. The van der Waals surface area contributed by atoms with E-state index < -0.39 is 26.3 Å². The molecule has 2 fully saturated rings. The zero-order chi connectivity index (χ0) is 32.2. The molecule has 0 radical (unpaired) electrons. The Bertz CT molecular complexity index is 1420. The summed E-state index contributed by atoms with van der Waals surface area (Å²) in [4.78, 5) is 9.19. The van der Waals surface area contributed by atoms with E-state index in [0.29, 0.717) is 44.0 Å². The van der Waals surface area contributed by atoms with Gasteiger partial charge in [-0.25, -0.2) is 0 Å². The fourth-order valence-electron chi connectivity index (χ4n) is 7.34. The van der Waals surface area contributed by atoms with Gasteiger partial charge in [0.05, 0.1) is 25.0 Å². The molecule has 6 nitrogen and oxygen atoms in total. The third kappa shape index (κ3) is 6.42. The van der Waals surface area contributed by atoms with Crippen LogP contribution in [0.3, 0.4) is 0 Å². The summed E-state index contributed by atoms with van der Waals surface area (Å²) in [6.07, 6.45) is 4.86. The molecule has 6 rings (SSSR count). The number of aliphatic hydroxyl groups excluding tert-OH is 1. The van der Waals surface area contributed by atoms with E-state index in [0.717, 1.165) is 78.9 Å². The number of alkyl halides is 3. The molecule has 2 aromatic rings. The molecule has 0 amide bonds. The molecule has 4 heterocycles. The van der Waals surface area contributed by atoms with Crippen LogP contribution < -0.4 is 0 Å². The number of halogens is 3. The number of pyridine rings is 2. The van der Waals surface area contributed by atoms with Gasteiger partial charge in [0.1, 0.15) is 11.8 Å². The van der Waals surface area contributed by atoms with Crippen molar-refractivity contribution >= 4 is 13.9 Å². The first kappa shape index (κ1) is 32.8. The first-order chi connectivity index (χ1) is 21.2. The topological polar surface area (TPSA) is 73.7 Å². The summed E-state index contributed by atoms with van der Waals surface area (Å²) in [6, 6.07) is 2.30. The van der Waals surface area contributed by atoms with Crippen LogP contribution in [0.4, 0.5) is 13.2 Å². The number of rotatable bonds is 6. The Morgan fingerprint density at radius 3 is 2.36 bits per heavy atom. The van der Waals surface area contributed by atoms with Crippen molar-refractivity contribution in [3.05, 3.63) is 63.7 Å². The highest BCUT2D eigenvalue weighted by atomic mass is 28.4. The number of hydrogen-bond acceptors (Lipinski definition) is 6. The maximum Gasteiger partial charge on any atom is 0.433 e. The molecular formula is C35H47F3N2O4Si. The summed E-state index contributed by atoms with van der Waals surface area (Å²) in [5, 5.41) is 12.2. The fraction of sp³-hybridized carbons (Fsp3) is 0.657. The van der Waals surface area contributed by atoms with Crippen molar-refractivity contribution in [3.63, 3.8) is 0 Å². The average Bonchev–Trinajstić information content (AvgIpc) is 2.98. The Morgan fingerprint density at radius 2 is 1.80 bits per heavy atom. The van der Waals surface area contributed by atoms with Crippen LogP contribution in [-0.2, 0) is 26.5 Å². The van der Waals surface area contributed by atoms with Crippen LogP contribution in [-0.4, -0.2) is 49.8 Å². The van der Waals surface area contributed by atoms with Gasteiger partial charge in [0, 0.05) is 47.7 Å². The molecule has 4 aliphatic rings. The molecule has 1 saturated carbocycles. The van der Waals surface area contributed by atoms with Gasteiger partial charge in [0.15, 0.2) is 8.32 Å². The summed E-state index contributed by atoms with van der Waals surface area (Å²) in [6.45, 7) is 13.6. The van der Waals surface area contributed by atoms with Crippen LogP contribution in [0.1, 0.15) is 123 Å². The van der Waals surface area contributed by atoms with Crippen molar-refractivity contribution in [1.29, 1.82) is 0 Å². The van der Waals surface area contributed by atoms with Gasteiger partial charge in [-0.2, -0.15) is 13.2 Å². The maximum atomic E-state index is 13.4. The molecule has 1 saturated heterocycles. The van der Waals surface area contributed by atoms with Crippen molar-refractivity contribution in [2.24, 2.45) is 5.41 Å². The minimum atomic E-state index is -4.56. The second-order valence-corrected chi connectivity index (χ2v) is 19.8. The highest BCUT2D eigenvalue weighted by Gasteiger charge is 2.50. The number of hydrogen-bond donors (Lipinski definition) is 1. The van der Waals surface area contributed by atoms with Crippen molar-refractivity contribution in [2.75, 3.05) is 26.4 Å². The molecule has 0 aromatic carbocycles. The van der Waals surface area contributed by atoms with Crippen LogP contribution in [0.15, 0.2) is 24.4 Å². The Kier molecular flexibility index (Phi) is 8.87. The number of aliphatic hydroxyl groups is 1. The number of ether oxygens (including phenoxy) is 2. The van der Waals surface area contributed by atoms with Gasteiger partial charge in [-0.05, 0) is 85.7 Å². The second-order valence-electron chi connectivity index (χ2n) is 15.1. The molecule has 1 N–H and O–H groups in total. The van der Waals surface area contributed by atoms with Crippen molar-refractivity contribution in [3.8, 4) is 0 Å². The number of nitrogens with zero attached hydrogens (tertiary/aromatic N) is 2. The molecule has 2 aliphatic heterocycles. The predicted octanol–water partition coefficient (Wildman–Crippen LogP) is 8.45. The van der Waals surface area contributed by atoms with Gasteiger partial charge >= 0.3 is 6.18 Å². The molecule has 1 spiro atoms. The van der Waals surface area contributed by atoms with E-state index in [1.165, 1.54) is 12.5 Å². The van der Waals surface area contributed by atoms with Gasteiger partial charge in [-0.3, -0.25) is 9.97 Å². The highest BCUT2D eigenvalue weighted by molar-refractivity contribution is 6.74. The van der Waals surface area contributed by atoms with E-state index in [9.17, 15) is 18.3 Å². The van der Waals surface area contributed by atoms with Crippen LogP contribution in [0, 0.1) is 5.41 Å². The van der Waals surface area contributed by atoms with Crippen LogP contribution >= 0.6 is 0 Å². The van der Waals surface area contributed by atoms with E-state index in [1.54, 1.807) is 0 Å². The van der Waals surface area contributed by atoms with E-state index in [1.807, 2.05) is 0 Å². The Labute approximate surface area is 265 Å². The average molecular weight is 645 g/mol.